The fraction of sp³-hybridized carbons (Fsp3) is 0.400. The van der Waals surface area contributed by atoms with Crippen molar-refractivity contribution in [1.82, 2.24) is 0 Å². The zero-order valence-electron chi connectivity index (χ0n) is 6.96. The molecule has 1 aromatic carbocycles. The van der Waals surface area contributed by atoms with Crippen LogP contribution in [0.4, 0.5) is 0 Å². The first-order valence-corrected chi connectivity index (χ1v) is 3.88. The lowest BCUT2D eigenvalue weighted by molar-refractivity contribution is 0.462. The number of rotatable bonds is 2. The highest BCUT2D eigenvalue weighted by molar-refractivity contribution is 5.31. The molecule has 0 aromatic heterocycles. The molecule has 11 heavy (non-hydrogen) atoms. The minimum Gasteiger partial charge on any atom is -0.508 e. The van der Waals surface area contributed by atoms with Gasteiger partial charge in [0.2, 0.25) is 0 Å². The van der Waals surface area contributed by atoms with Crippen LogP contribution in [0, 0.1) is 12.0 Å². The van der Waals surface area contributed by atoms with Gasteiger partial charge in [0.15, 0.2) is 0 Å². The fourth-order valence-corrected chi connectivity index (χ4v) is 1.07. The van der Waals surface area contributed by atoms with Crippen LogP contribution in [-0.4, -0.2) is 5.11 Å². The second kappa shape index (κ2) is 3.42. The smallest absolute Gasteiger partial charge is 0.119 e. The van der Waals surface area contributed by atoms with Crippen molar-refractivity contribution in [2.75, 3.05) is 0 Å². The Hall–Kier alpha value is -0.980. The Labute approximate surface area is 67.7 Å². The van der Waals surface area contributed by atoms with E-state index in [1.165, 1.54) is 0 Å². The number of benzene rings is 1. The SMILES string of the molecule is CC(C)Cc1cc[c]cc1O. The van der Waals surface area contributed by atoms with E-state index >= 15 is 0 Å². The third-order valence-corrected chi connectivity index (χ3v) is 1.56. The molecule has 59 valence electrons. The van der Waals surface area contributed by atoms with Gasteiger partial charge in [0.25, 0.3) is 0 Å². The van der Waals surface area contributed by atoms with Crippen molar-refractivity contribution in [2.24, 2.45) is 5.92 Å². The van der Waals surface area contributed by atoms with E-state index in [4.69, 9.17) is 0 Å². The van der Waals surface area contributed by atoms with E-state index in [-0.39, 0.29) is 0 Å². The first kappa shape index (κ1) is 8.12. The van der Waals surface area contributed by atoms with Crippen molar-refractivity contribution in [2.45, 2.75) is 20.3 Å². The van der Waals surface area contributed by atoms with Crippen LogP contribution in [0.25, 0.3) is 0 Å². The largest absolute Gasteiger partial charge is 0.508 e. The lowest BCUT2D eigenvalue weighted by Gasteiger charge is -2.05. The van der Waals surface area contributed by atoms with Gasteiger partial charge in [-0.05, 0) is 30.0 Å². The summed E-state index contributed by atoms with van der Waals surface area (Å²) < 4.78 is 0. The van der Waals surface area contributed by atoms with Crippen molar-refractivity contribution in [1.29, 1.82) is 0 Å². The van der Waals surface area contributed by atoms with Crippen molar-refractivity contribution >= 4 is 0 Å². The molecule has 1 rings (SSSR count). The average molecular weight is 149 g/mol. The van der Waals surface area contributed by atoms with Crippen LogP contribution in [-0.2, 0) is 6.42 Å². The maximum absolute atomic E-state index is 9.33. The average Bonchev–Trinajstić information content (AvgIpc) is 1.93. The Balaban J connectivity index is 2.78. The van der Waals surface area contributed by atoms with Crippen molar-refractivity contribution < 1.29 is 5.11 Å². The van der Waals surface area contributed by atoms with Crippen LogP contribution < -0.4 is 0 Å². The Morgan fingerprint density at radius 1 is 1.55 bits per heavy atom. The highest BCUT2D eigenvalue weighted by atomic mass is 16.3. The van der Waals surface area contributed by atoms with Crippen LogP contribution in [0.2, 0.25) is 0 Å². The number of phenols is 1. The number of phenolic OH excluding ortho intramolecular Hbond substituents is 1. The maximum Gasteiger partial charge on any atom is 0.119 e. The zero-order chi connectivity index (χ0) is 8.27. The summed E-state index contributed by atoms with van der Waals surface area (Å²) in [6, 6.07) is 8.18. The van der Waals surface area contributed by atoms with Gasteiger partial charge >= 0.3 is 0 Å². The molecular weight excluding hydrogens is 136 g/mol. The van der Waals surface area contributed by atoms with Crippen molar-refractivity contribution in [3.63, 3.8) is 0 Å². The molecule has 1 nitrogen and oxygen atoms in total. The minimum atomic E-state index is 0.362. The molecule has 0 spiro atoms. The number of hydrogen-bond donors (Lipinski definition) is 1. The number of hydrogen-bond acceptors (Lipinski definition) is 1. The number of aromatic hydroxyl groups is 1. The summed E-state index contributed by atoms with van der Waals surface area (Å²) >= 11 is 0. The summed E-state index contributed by atoms with van der Waals surface area (Å²) in [4.78, 5) is 0. The van der Waals surface area contributed by atoms with Crippen LogP contribution in [0.3, 0.4) is 0 Å². The monoisotopic (exact) mass is 149 g/mol. The van der Waals surface area contributed by atoms with E-state index in [1.54, 1.807) is 6.07 Å². The summed E-state index contributed by atoms with van der Waals surface area (Å²) in [5.41, 5.74) is 1.01. The quantitative estimate of drug-likeness (QED) is 0.684. The second-order valence-corrected chi connectivity index (χ2v) is 3.15. The second-order valence-electron chi connectivity index (χ2n) is 3.15. The van der Waals surface area contributed by atoms with Gasteiger partial charge in [0.1, 0.15) is 5.75 Å². The summed E-state index contributed by atoms with van der Waals surface area (Å²) in [6.45, 7) is 4.27. The zero-order valence-corrected chi connectivity index (χ0v) is 6.96. The Kier molecular flexibility index (Phi) is 2.53. The van der Waals surface area contributed by atoms with E-state index in [9.17, 15) is 5.11 Å². The third kappa shape index (κ3) is 2.26. The lowest BCUT2D eigenvalue weighted by Crippen LogP contribution is -1.93. The van der Waals surface area contributed by atoms with Crippen molar-refractivity contribution in [3.05, 3.63) is 29.8 Å². The first-order chi connectivity index (χ1) is 5.20. The predicted molar refractivity (Wildman–Crippen MR) is 45.5 cm³/mol. The van der Waals surface area contributed by atoms with E-state index < -0.39 is 0 Å². The van der Waals surface area contributed by atoms with Gasteiger partial charge in [0.05, 0.1) is 0 Å². The van der Waals surface area contributed by atoms with Gasteiger partial charge in [-0.3, -0.25) is 0 Å². The fourth-order valence-electron chi connectivity index (χ4n) is 1.07. The van der Waals surface area contributed by atoms with Gasteiger partial charge in [-0.2, -0.15) is 0 Å². The molecule has 0 amide bonds. The van der Waals surface area contributed by atoms with Crippen LogP contribution in [0.5, 0.6) is 5.75 Å². The molecule has 0 aliphatic heterocycles. The third-order valence-electron chi connectivity index (χ3n) is 1.56. The predicted octanol–water partition coefficient (Wildman–Crippen LogP) is 2.39. The Morgan fingerprint density at radius 3 is 2.82 bits per heavy atom. The van der Waals surface area contributed by atoms with Crippen molar-refractivity contribution in [3.8, 4) is 5.75 Å². The molecule has 0 fully saturated rings. The molecule has 0 aliphatic rings. The van der Waals surface area contributed by atoms with Crippen LogP contribution in [0.1, 0.15) is 19.4 Å². The van der Waals surface area contributed by atoms with Crippen LogP contribution >= 0.6 is 0 Å². The molecule has 0 saturated carbocycles. The standard InChI is InChI=1S/C10H13O/c1-8(2)7-9-5-3-4-6-10(9)11/h3,5-6,8,11H,7H2,1-2H3. The molecule has 1 N–H and O–H groups in total. The summed E-state index contributed by atoms with van der Waals surface area (Å²) in [5, 5.41) is 9.33. The molecular formula is C10H13O. The van der Waals surface area contributed by atoms with Gasteiger partial charge in [-0.1, -0.05) is 26.0 Å². The molecule has 0 heterocycles. The summed E-state index contributed by atoms with van der Waals surface area (Å²) in [7, 11) is 0. The summed E-state index contributed by atoms with van der Waals surface area (Å²) in [6.07, 6.45) is 0.931. The van der Waals surface area contributed by atoms with E-state index in [0.717, 1.165) is 12.0 Å². The van der Waals surface area contributed by atoms with Gasteiger partial charge in [-0.15, -0.1) is 0 Å². The molecule has 1 heteroatoms. The van der Waals surface area contributed by atoms with E-state index in [2.05, 4.69) is 19.9 Å². The van der Waals surface area contributed by atoms with E-state index in [1.807, 2.05) is 12.1 Å². The summed E-state index contributed by atoms with van der Waals surface area (Å²) in [5.74, 6) is 0.949. The highest BCUT2D eigenvalue weighted by Gasteiger charge is 2.01. The van der Waals surface area contributed by atoms with Gasteiger partial charge in [0, 0.05) is 0 Å². The molecule has 0 aliphatic carbocycles. The molecule has 0 atom stereocenters. The minimum absolute atomic E-state index is 0.362. The van der Waals surface area contributed by atoms with Gasteiger partial charge in [-0.25, -0.2) is 0 Å². The molecule has 0 unspecified atom stereocenters. The first-order valence-electron chi connectivity index (χ1n) is 3.88. The molecule has 0 saturated heterocycles. The topological polar surface area (TPSA) is 20.2 Å². The maximum atomic E-state index is 9.33. The van der Waals surface area contributed by atoms with Gasteiger partial charge < -0.3 is 5.11 Å². The normalized spacial score (nSPS) is 10.5. The van der Waals surface area contributed by atoms with Crippen LogP contribution in [0.15, 0.2) is 18.2 Å². The highest BCUT2D eigenvalue weighted by Crippen LogP contribution is 2.18. The van der Waals surface area contributed by atoms with E-state index in [0.29, 0.717) is 11.7 Å². The molecule has 1 radical (unpaired) electrons. The molecule has 0 bridgehead atoms. The lowest BCUT2D eigenvalue weighted by atomic mass is 10.0. The Morgan fingerprint density at radius 2 is 2.27 bits per heavy atom. The Bertz CT molecular complexity index is 228. The molecule has 1 aromatic rings.